The fourth-order valence-corrected chi connectivity index (χ4v) is 10.6. The van der Waals surface area contributed by atoms with E-state index in [4.69, 9.17) is 11.5 Å². The summed E-state index contributed by atoms with van der Waals surface area (Å²) in [5.74, 6) is -0.407. The summed E-state index contributed by atoms with van der Waals surface area (Å²) in [6, 6.07) is 13.8. The Kier molecular flexibility index (Phi) is 7.61. The smallest absolute Gasteiger partial charge is 0.331 e. The molecule has 37 heavy (non-hydrogen) atoms. The van der Waals surface area contributed by atoms with Crippen molar-refractivity contribution in [2.75, 3.05) is 30.3 Å². The molecule has 2 aliphatic heterocycles. The second-order valence-electron chi connectivity index (χ2n) is 10.2. The number of anilines is 1. The van der Waals surface area contributed by atoms with Gasteiger partial charge in [-0.05, 0) is 40.8 Å². The van der Waals surface area contributed by atoms with E-state index in [9.17, 15) is 18.0 Å². The standard InChI is InChI=1S/C25H33N5O4S3/c1-24(2,3)18-6-10-20(11-7-18)37(33,34)30(25(23(27)32)29-12-14-36-25)13-15-35-22(30)21(31)28-16-17-4-8-19(26)9-5-17/h4-11,22,29H,12-16,26H2,1-3H3,(H2-,27,28,31,32)/p+1. The van der Waals surface area contributed by atoms with Crippen LogP contribution in [-0.4, -0.2) is 59.1 Å². The Bertz CT molecular complexity index is 1270. The zero-order valence-electron chi connectivity index (χ0n) is 21.2. The molecule has 12 heteroatoms. The number of nitrogens with zero attached hydrogens (tertiary/aromatic N) is 1. The van der Waals surface area contributed by atoms with E-state index >= 15 is 0 Å². The van der Waals surface area contributed by atoms with Crippen molar-refractivity contribution < 1.29 is 21.9 Å². The number of benzene rings is 2. The molecule has 4 rings (SSSR count). The van der Waals surface area contributed by atoms with Gasteiger partial charge in [0, 0.05) is 24.5 Å². The molecule has 0 aliphatic carbocycles. The molecule has 200 valence electrons. The zero-order chi connectivity index (χ0) is 27.1. The van der Waals surface area contributed by atoms with E-state index in [1.54, 1.807) is 48.5 Å². The minimum Gasteiger partial charge on any atom is -0.399 e. The van der Waals surface area contributed by atoms with Crippen LogP contribution in [0.1, 0.15) is 31.9 Å². The normalized spacial score (nSPS) is 26.2. The molecule has 2 aliphatic rings. The van der Waals surface area contributed by atoms with E-state index < -0.39 is 36.1 Å². The number of primary amides is 1. The number of hydrogen-bond acceptors (Lipinski definition) is 8. The second kappa shape index (κ2) is 10.1. The van der Waals surface area contributed by atoms with Gasteiger partial charge in [-0.15, -0.1) is 0 Å². The lowest BCUT2D eigenvalue weighted by atomic mass is 9.87. The molecular formula is C25H34N5O4S3+. The molecule has 2 fully saturated rings. The number of rotatable bonds is 7. The Hall–Kier alpha value is -2.25. The maximum absolute atomic E-state index is 14.5. The third-order valence-electron chi connectivity index (χ3n) is 6.84. The number of nitrogens with one attached hydrogen (secondary N) is 2. The van der Waals surface area contributed by atoms with E-state index in [1.165, 1.54) is 11.8 Å². The summed E-state index contributed by atoms with van der Waals surface area (Å²) in [5, 5.41) is 4.88. The van der Waals surface area contributed by atoms with Gasteiger partial charge in [-0.3, -0.25) is 9.59 Å². The summed E-state index contributed by atoms with van der Waals surface area (Å²) in [5.41, 5.74) is 13.9. The molecule has 2 amide bonds. The summed E-state index contributed by atoms with van der Waals surface area (Å²) in [7, 11) is -4.28. The molecule has 0 saturated carbocycles. The summed E-state index contributed by atoms with van der Waals surface area (Å²) >= 11 is 2.39. The van der Waals surface area contributed by atoms with Gasteiger partial charge in [-0.1, -0.05) is 68.6 Å². The van der Waals surface area contributed by atoms with Gasteiger partial charge in [-0.25, -0.2) is 5.32 Å². The van der Waals surface area contributed by atoms with Crippen LogP contribution >= 0.6 is 23.5 Å². The van der Waals surface area contributed by atoms with Crippen LogP contribution in [0, 0.1) is 0 Å². The Morgan fingerprint density at radius 3 is 2.30 bits per heavy atom. The molecule has 2 saturated heterocycles. The maximum Gasteiger partial charge on any atom is 0.331 e. The minimum atomic E-state index is -4.28. The number of carbonyl (C=O) groups is 2. The summed E-state index contributed by atoms with van der Waals surface area (Å²) in [4.78, 5) is 25.1. The third-order valence-corrected chi connectivity index (χ3v) is 12.3. The SMILES string of the molecule is CC(C)(C)c1ccc(S(=O)(=O)[N+]2(C3(C(N)=O)NCCS3)CCSC2C(=O)NCc2ccc(N)cc2)cc1. The Labute approximate surface area is 226 Å². The molecule has 2 aromatic carbocycles. The quantitative estimate of drug-likeness (QED) is 0.295. The van der Waals surface area contributed by atoms with Crippen molar-refractivity contribution in [1.82, 2.24) is 10.6 Å². The number of hydrogen-bond donors (Lipinski definition) is 4. The molecule has 9 nitrogen and oxygen atoms in total. The molecule has 3 atom stereocenters. The van der Waals surface area contributed by atoms with Crippen LogP contribution in [0.3, 0.4) is 0 Å². The first-order valence-corrected chi connectivity index (χ1v) is 15.5. The lowest BCUT2D eigenvalue weighted by Crippen LogP contribution is -2.77. The molecule has 2 aromatic rings. The fourth-order valence-electron chi connectivity index (χ4n) is 4.83. The first-order valence-electron chi connectivity index (χ1n) is 12.0. The number of amides is 2. The van der Waals surface area contributed by atoms with Gasteiger partial charge in [0.1, 0.15) is 11.4 Å². The summed E-state index contributed by atoms with van der Waals surface area (Å²) in [6.45, 7) is 6.78. The van der Waals surface area contributed by atoms with Gasteiger partial charge < -0.3 is 16.8 Å². The van der Waals surface area contributed by atoms with Crippen LogP contribution in [-0.2, 0) is 31.6 Å². The van der Waals surface area contributed by atoms with E-state index in [0.717, 1.165) is 22.9 Å². The zero-order valence-corrected chi connectivity index (χ0v) is 23.6. The van der Waals surface area contributed by atoms with E-state index in [2.05, 4.69) is 10.6 Å². The summed E-state index contributed by atoms with van der Waals surface area (Å²) in [6.07, 6.45) is 0. The maximum atomic E-state index is 14.5. The van der Waals surface area contributed by atoms with Gasteiger partial charge in [0.2, 0.25) is 5.37 Å². The number of thioether (sulfide) groups is 2. The Balaban J connectivity index is 1.79. The van der Waals surface area contributed by atoms with Crippen LogP contribution in [0.25, 0.3) is 0 Å². The highest BCUT2D eigenvalue weighted by Crippen LogP contribution is 2.50. The Morgan fingerprint density at radius 1 is 1.11 bits per heavy atom. The van der Waals surface area contributed by atoms with Crippen molar-refractivity contribution in [3.63, 3.8) is 0 Å². The molecular weight excluding hydrogens is 531 g/mol. The van der Waals surface area contributed by atoms with Crippen molar-refractivity contribution in [3.05, 3.63) is 59.7 Å². The number of nitrogens with two attached hydrogens (primary N) is 2. The lowest BCUT2D eigenvalue weighted by Gasteiger charge is -2.46. The minimum absolute atomic E-state index is 0.0502. The molecule has 0 radical (unpaired) electrons. The van der Waals surface area contributed by atoms with Crippen molar-refractivity contribution in [2.45, 2.75) is 48.0 Å². The van der Waals surface area contributed by atoms with Gasteiger partial charge in [-0.2, -0.15) is 12.3 Å². The molecule has 3 unspecified atom stereocenters. The lowest BCUT2D eigenvalue weighted by molar-refractivity contribution is -0.831. The van der Waals surface area contributed by atoms with Gasteiger partial charge in [0.05, 0.1) is 5.75 Å². The highest BCUT2D eigenvalue weighted by atomic mass is 32.2. The van der Waals surface area contributed by atoms with Crippen molar-refractivity contribution in [2.24, 2.45) is 5.73 Å². The van der Waals surface area contributed by atoms with Crippen LogP contribution in [0.5, 0.6) is 0 Å². The van der Waals surface area contributed by atoms with Crippen molar-refractivity contribution in [3.8, 4) is 0 Å². The van der Waals surface area contributed by atoms with Crippen LogP contribution < -0.4 is 22.1 Å². The van der Waals surface area contributed by atoms with Gasteiger partial charge in [0.25, 0.3) is 10.9 Å². The Morgan fingerprint density at radius 2 is 1.76 bits per heavy atom. The predicted octanol–water partition coefficient (Wildman–Crippen LogP) is 1.94. The van der Waals surface area contributed by atoms with Gasteiger partial charge in [0.15, 0.2) is 0 Å². The monoisotopic (exact) mass is 564 g/mol. The van der Waals surface area contributed by atoms with E-state index in [0.29, 0.717) is 23.7 Å². The molecule has 0 bridgehead atoms. The topological polar surface area (TPSA) is 144 Å². The summed E-state index contributed by atoms with van der Waals surface area (Å²) < 4.78 is 28.3. The van der Waals surface area contributed by atoms with Crippen LogP contribution in [0.15, 0.2) is 53.4 Å². The average Bonchev–Trinajstić information content (AvgIpc) is 3.52. The van der Waals surface area contributed by atoms with E-state index in [1.807, 2.05) is 20.8 Å². The second-order valence-corrected chi connectivity index (χ2v) is 14.8. The number of carbonyl (C=O) groups excluding carboxylic acids is 2. The average molecular weight is 565 g/mol. The highest BCUT2D eigenvalue weighted by Gasteiger charge is 2.72. The number of quaternary nitrogens is 1. The van der Waals surface area contributed by atoms with E-state index in [-0.39, 0.29) is 23.4 Å². The van der Waals surface area contributed by atoms with Crippen molar-refractivity contribution >= 4 is 51.0 Å². The van der Waals surface area contributed by atoms with Crippen molar-refractivity contribution in [1.29, 1.82) is 0 Å². The number of nitrogen functional groups attached to an aromatic ring is 1. The highest BCUT2D eigenvalue weighted by molar-refractivity contribution is 8.03. The molecule has 0 spiro atoms. The van der Waals surface area contributed by atoms with Crippen LogP contribution in [0.2, 0.25) is 0 Å². The fraction of sp³-hybridized carbons (Fsp3) is 0.440. The molecule has 0 aromatic heterocycles. The third kappa shape index (κ3) is 4.74. The number of sulfonamides is 1. The first kappa shape index (κ1) is 27.8. The van der Waals surface area contributed by atoms with Gasteiger partial charge >= 0.3 is 15.9 Å². The predicted molar refractivity (Wildman–Crippen MR) is 149 cm³/mol. The molecule has 2 heterocycles. The largest absolute Gasteiger partial charge is 0.399 e. The first-order chi connectivity index (χ1) is 17.3. The van der Waals surface area contributed by atoms with Crippen LogP contribution in [0.4, 0.5) is 5.69 Å². The molecule has 6 N–H and O–H groups in total.